The van der Waals surface area contributed by atoms with Crippen molar-refractivity contribution in [2.45, 2.75) is 27.8 Å². The lowest BCUT2D eigenvalue weighted by Crippen LogP contribution is -2.30. The summed E-state index contributed by atoms with van der Waals surface area (Å²) in [4.78, 5) is 25.3. The number of aromatic hydroxyl groups is 3. The Balaban J connectivity index is 0.000000145. The van der Waals surface area contributed by atoms with Gasteiger partial charge in [-0.1, -0.05) is 48.0 Å². The first-order chi connectivity index (χ1) is 49.5. The fourth-order valence-corrected chi connectivity index (χ4v) is 16.8. The Morgan fingerprint density at radius 1 is 0.466 bits per heavy atom. The lowest BCUT2D eigenvalue weighted by Gasteiger charge is -2.22. The molecule has 5 N–H and O–H groups in total. The van der Waals surface area contributed by atoms with Crippen LogP contribution in [0.5, 0.6) is 34.5 Å². The molecule has 6 heterocycles. The average Bonchev–Trinajstić information content (AvgIpc) is 1.14. The van der Waals surface area contributed by atoms with E-state index in [1.54, 1.807) is 128 Å². The number of hydrogen-bond acceptors (Lipinski definition) is 22. The number of fused-ring (bicyclic) bond motifs is 3. The van der Waals surface area contributed by atoms with Crippen molar-refractivity contribution in [1.82, 2.24) is 29.9 Å². The summed E-state index contributed by atoms with van der Waals surface area (Å²) >= 11 is 9.78. The topological polar surface area (TPSA) is 307 Å². The minimum Gasteiger partial charge on any atom is -0.535 e. The fraction of sp³-hybridized carbons (Fsp3) is 0.0571. The van der Waals surface area contributed by atoms with Crippen LogP contribution in [0.2, 0.25) is 5.15 Å². The predicted octanol–water partition coefficient (Wildman–Crippen LogP) is 14.8. The Morgan fingerprint density at radius 2 is 0.883 bits per heavy atom. The van der Waals surface area contributed by atoms with Crippen molar-refractivity contribution in [2.75, 3.05) is 27.6 Å². The van der Waals surface area contributed by atoms with Crippen molar-refractivity contribution in [3.8, 4) is 57.0 Å². The van der Waals surface area contributed by atoms with E-state index in [4.69, 9.17) is 31.2 Å². The monoisotopic (exact) mass is 1520 g/mol. The molecule has 0 spiro atoms. The van der Waals surface area contributed by atoms with Gasteiger partial charge in [0.05, 0.1) is 53.4 Å². The molecule has 103 heavy (non-hydrogen) atoms. The number of pyridine rings is 3. The molecule has 0 saturated carbocycles. The van der Waals surface area contributed by atoms with Crippen LogP contribution in [0.1, 0.15) is 11.1 Å². The summed E-state index contributed by atoms with van der Waals surface area (Å²) in [6, 6.07) is 44.2. The molecule has 0 saturated heterocycles. The molecule has 1 radical (unpaired) electrons. The van der Waals surface area contributed by atoms with Crippen LogP contribution in [0.4, 0.5) is 28.6 Å². The van der Waals surface area contributed by atoms with Crippen LogP contribution in [-0.4, -0.2) is 97.4 Å². The molecule has 6 aromatic heterocycles. The van der Waals surface area contributed by atoms with Crippen molar-refractivity contribution in [2.24, 2.45) is 0 Å². The van der Waals surface area contributed by atoms with Crippen LogP contribution < -0.4 is 27.5 Å². The van der Waals surface area contributed by atoms with Gasteiger partial charge in [0.2, 0.25) is 0 Å². The second-order valence-electron chi connectivity index (χ2n) is 21.5. The second kappa shape index (κ2) is 32.4. The number of thiazole rings is 3. The zero-order valence-corrected chi connectivity index (χ0v) is 59.1. The Labute approximate surface area is 604 Å². The van der Waals surface area contributed by atoms with E-state index in [9.17, 15) is 48.6 Å². The molecule has 33 heteroatoms. The predicted molar refractivity (Wildman–Crippen MR) is 391 cm³/mol. The Kier molecular flexibility index (Phi) is 23.0. The molecule has 0 fully saturated rings. The number of phenols is 3. The van der Waals surface area contributed by atoms with E-state index in [2.05, 4.69) is 39.3 Å². The summed E-state index contributed by atoms with van der Waals surface area (Å²) in [6.45, 7) is 0.234. The first-order valence-corrected chi connectivity index (χ1v) is 37.3. The van der Waals surface area contributed by atoms with Crippen LogP contribution in [0.3, 0.4) is 0 Å². The number of nitrogens with one attached hydrogen (secondary N) is 1. The van der Waals surface area contributed by atoms with Gasteiger partial charge in [-0.25, -0.2) is 67.0 Å². The van der Waals surface area contributed by atoms with Gasteiger partial charge in [0.1, 0.15) is 51.4 Å². The van der Waals surface area contributed by atoms with E-state index in [-0.39, 0.29) is 55.9 Å². The molecule has 0 amide bonds. The van der Waals surface area contributed by atoms with Crippen LogP contribution in [-0.2, 0) is 43.2 Å². The maximum atomic E-state index is 13.8. The summed E-state index contributed by atoms with van der Waals surface area (Å²) in [6.07, 6.45) is 9.23. The van der Waals surface area contributed by atoms with E-state index >= 15 is 0 Å². The number of benzene rings is 8. The molecular formula is C70H53BClF3N9O13S6. The molecule has 0 aliphatic heterocycles. The van der Waals surface area contributed by atoms with Gasteiger partial charge < -0.3 is 34.5 Å². The van der Waals surface area contributed by atoms with Gasteiger partial charge in [-0.2, -0.15) is 0 Å². The number of methoxy groups -OCH3 is 2. The van der Waals surface area contributed by atoms with Crippen molar-refractivity contribution in [3.05, 3.63) is 263 Å². The molecule has 0 atom stereocenters. The molecule has 14 rings (SSSR count). The van der Waals surface area contributed by atoms with Crippen LogP contribution >= 0.6 is 45.6 Å². The average molecular weight is 1520 g/mol. The molecular weight excluding hydrogens is 1470 g/mol. The molecule has 0 bridgehead atoms. The van der Waals surface area contributed by atoms with Gasteiger partial charge in [0, 0.05) is 98.8 Å². The summed E-state index contributed by atoms with van der Waals surface area (Å²) in [5.41, 5.74) is 3.15. The molecule has 22 nitrogen and oxygen atoms in total. The number of rotatable bonds is 19. The summed E-state index contributed by atoms with van der Waals surface area (Å²) in [7, 11) is -8.07. The maximum absolute atomic E-state index is 13.8. The van der Waals surface area contributed by atoms with Crippen LogP contribution in [0, 0.1) is 17.5 Å². The highest BCUT2D eigenvalue weighted by Gasteiger charge is 2.30. The SMILES string of the molecule is COc1ccc(CN(c2nccs2)S(=O)(=O)c2ccc3c(-c4ccc(F)cc4O)nccc3c2)cc1.COc1ccc(CN(c2nccs2)S(=O)(=O)c2ccc3c(Cl)nccc3c2)cc1.O=S(=O)(Nc1nccs1)c1ccc2c(-c3ccc(F)cc3O)nccc2c1.O[B]Oc1ccc(F)cc1O. The summed E-state index contributed by atoms with van der Waals surface area (Å²) < 4.78 is 139. The van der Waals surface area contributed by atoms with Crippen LogP contribution in [0.25, 0.3) is 54.8 Å². The van der Waals surface area contributed by atoms with E-state index < -0.39 is 47.5 Å². The minimum absolute atomic E-state index is 0.00824. The molecule has 523 valence electrons. The van der Waals surface area contributed by atoms with Crippen molar-refractivity contribution in [1.29, 1.82) is 0 Å². The number of sulfonamides is 3. The van der Waals surface area contributed by atoms with E-state index in [0.717, 1.165) is 35.4 Å². The zero-order chi connectivity index (χ0) is 73.0. The Bertz CT molecular complexity index is 5680. The first-order valence-electron chi connectivity index (χ1n) is 30.0. The quantitative estimate of drug-likeness (QED) is 0.0371. The Morgan fingerprint density at radius 3 is 1.31 bits per heavy atom. The highest BCUT2D eigenvalue weighted by Crippen LogP contribution is 2.39. The third kappa shape index (κ3) is 17.3. The van der Waals surface area contributed by atoms with Crippen molar-refractivity contribution >= 4 is 131 Å². The largest absolute Gasteiger partial charge is 0.569 e. The number of aromatic nitrogens is 6. The van der Waals surface area contributed by atoms with E-state index in [1.165, 1.54) is 110 Å². The van der Waals surface area contributed by atoms with Gasteiger partial charge in [0.15, 0.2) is 21.1 Å². The number of ether oxygens (including phenoxy) is 2. The van der Waals surface area contributed by atoms with Gasteiger partial charge >= 0.3 is 7.69 Å². The highest BCUT2D eigenvalue weighted by molar-refractivity contribution is 7.93. The molecule has 0 aliphatic carbocycles. The van der Waals surface area contributed by atoms with Crippen molar-refractivity contribution < 1.29 is 72.9 Å². The third-order valence-electron chi connectivity index (χ3n) is 15.1. The standard InChI is InChI=1S/C26H20FN3O4S2.C20H16ClN3O3S2.C18H12FN3O3S2.C6H5BFO3/c1-34-20-5-2-17(3-6-20)16-30(26-29-12-13-35-26)36(32,33)21-7-9-22-18(14-21)10-11-28-25(22)23-8-4-19(27)15-24(23)31;1-27-16-4-2-14(3-5-16)13-24(20-23-10-11-28-20)29(25,26)17-6-7-18-15(12-17)8-9-22-19(18)21;19-12-1-3-15(16(23)10-12)17-14-4-2-13(9-11(14)5-6-20-17)27(24,25)22-18-21-7-8-26-18;8-4-1-2-6(11-7-10)5(9)3-4/h2-15,31H,16H2,1H3;2-12H,13H2,1H3;1-10,23H,(H,21,22);1-3,9-10H. The fourth-order valence-electron chi connectivity index (χ4n) is 10.1. The minimum atomic E-state index is -3.99. The lowest BCUT2D eigenvalue weighted by molar-refractivity contribution is 0.407. The normalized spacial score (nSPS) is 11.3. The number of halogens is 4. The highest BCUT2D eigenvalue weighted by atomic mass is 35.5. The van der Waals surface area contributed by atoms with Gasteiger partial charge in [-0.15, -0.1) is 34.0 Å². The van der Waals surface area contributed by atoms with E-state index in [1.807, 2.05) is 24.3 Å². The number of anilines is 3. The number of hydrogen-bond donors (Lipinski definition) is 5. The lowest BCUT2D eigenvalue weighted by atomic mass is 10.0. The molecule has 14 aromatic rings. The maximum Gasteiger partial charge on any atom is 0.569 e. The molecule has 8 aromatic carbocycles. The van der Waals surface area contributed by atoms with Gasteiger partial charge in [0.25, 0.3) is 30.1 Å². The van der Waals surface area contributed by atoms with Crippen molar-refractivity contribution in [3.63, 3.8) is 0 Å². The number of phenolic OH excluding ortho intramolecular Hbond substituents is 3. The first kappa shape index (κ1) is 73.3. The van der Waals surface area contributed by atoms with Gasteiger partial charge in [-0.3, -0.25) is 14.7 Å². The van der Waals surface area contributed by atoms with Gasteiger partial charge in [-0.05, 0) is 149 Å². The number of nitrogens with zero attached hydrogens (tertiary/aromatic N) is 8. The van der Waals surface area contributed by atoms with Crippen LogP contribution in [0.15, 0.2) is 244 Å². The van der Waals surface area contributed by atoms with E-state index in [0.29, 0.717) is 89.4 Å². The Hall–Kier alpha value is -11.0. The summed E-state index contributed by atoms with van der Waals surface area (Å²) in [5, 5.41) is 47.7. The molecule has 0 aliphatic rings. The smallest absolute Gasteiger partial charge is 0.535 e. The second-order valence-corrected chi connectivity index (χ2v) is 29.9. The molecule has 0 unspecified atom stereocenters. The third-order valence-corrected chi connectivity index (χ3v) is 22.8. The summed E-state index contributed by atoms with van der Waals surface area (Å²) in [5.74, 6) is -1.14. The zero-order valence-electron chi connectivity index (χ0n) is 53.4.